The zero-order valence-electron chi connectivity index (χ0n) is 7.96. The molecule has 3 heteroatoms. The zero-order chi connectivity index (χ0) is 8.81. The minimum atomic E-state index is 0.618. The predicted octanol–water partition coefficient (Wildman–Crippen LogP) is 0.446. The zero-order valence-corrected chi connectivity index (χ0v) is 7.96. The van der Waals surface area contributed by atoms with Gasteiger partial charge in [0.15, 0.2) is 0 Å². The molecule has 0 aliphatic carbocycles. The molecule has 0 aromatic heterocycles. The summed E-state index contributed by atoms with van der Waals surface area (Å²) in [6.07, 6.45) is 3.93. The summed E-state index contributed by atoms with van der Waals surface area (Å²) in [5.41, 5.74) is 5.54. The van der Waals surface area contributed by atoms with Crippen molar-refractivity contribution in [2.75, 3.05) is 33.4 Å². The number of ether oxygens (including phenoxy) is 1. The molecule has 2 N–H and O–H groups in total. The Bertz CT molecular complexity index is 101. The summed E-state index contributed by atoms with van der Waals surface area (Å²) in [4.78, 5) is 2.45. The normalized spacial score (nSPS) is 26.0. The Morgan fingerprint density at radius 1 is 1.50 bits per heavy atom. The fourth-order valence-corrected chi connectivity index (χ4v) is 1.90. The van der Waals surface area contributed by atoms with Crippen LogP contribution >= 0.6 is 0 Å². The first-order valence-electron chi connectivity index (χ1n) is 4.81. The molecule has 0 aromatic carbocycles. The Morgan fingerprint density at radius 3 is 3.00 bits per heavy atom. The highest BCUT2D eigenvalue weighted by atomic mass is 16.5. The van der Waals surface area contributed by atoms with Gasteiger partial charge in [0.25, 0.3) is 0 Å². The molecule has 0 aromatic rings. The first-order valence-corrected chi connectivity index (χ1v) is 4.81. The smallest absolute Gasteiger partial charge is 0.0618 e. The molecule has 1 aliphatic heterocycles. The van der Waals surface area contributed by atoms with Gasteiger partial charge < -0.3 is 10.5 Å². The second kappa shape index (κ2) is 5.51. The van der Waals surface area contributed by atoms with Crippen LogP contribution in [-0.2, 0) is 4.74 Å². The Kier molecular flexibility index (Phi) is 4.58. The average molecular weight is 172 g/mol. The lowest BCUT2D eigenvalue weighted by Crippen LogP contribution is -2.44. The summed E-state index contributed by atoms with van der Waals surface area (Å²) >= 11 is 0. The van der Waals surface area contributed by atoms with Crippen LogP contribution in [0, 0.1) is 0 Å². The van der Waals surface area contributed by atoms with Gasteiger partial charge in [-0.1, -0.05) is 6.42 Å². The molecule has 1 atom stereocenters. The molecule has 12 heavy (non-hydrogen) atoms. The fraction of sp³-hybridized carbons (Fsp3) is 1.00. The number of hydrogen-bond donors (Lipinski definition) is 1. The number of likely N-dealkylation sites (tertiary alicyclic amines) is 1. The van der Waals surface area contributed by atoms with Crippen molar-refractivity contribution in [2.24, 2.45) is 5.73 Å². The summed E-state index contributed by atoms with van der Waals surface area (Å²) in [7, 11) is 1.77. The molecule has 1 rings (SSSR count). The molecular weight excluding hydrogens is 152 g/mol. The summed E-state index contributed by atoms with van der Waals surface area (Å²) < 4.78 is 5.18. The SMILES string of the molecule is COC[C@@H]1CCCCN1CCN. The fourth-order valence-electron chi connectivity index (χ4n) is 1.90. The number of rotatable bonds is 4. The lowest BCUT2D eigenvalue weighted by atomic mass is 10.0. The van der Waals surface area contributed by atoms with E-state index in [1.54, 1.807) is 7.11 Å². The van der Waals surface area contributed by atoms with Crippen molar-refractivity contribution in [2.45, 2.75) is 25.3 Å². The van der Waals surface area contributed by atoms with Crippen molar-refractivity contribution in [1.29, 1.82) is 0 Å². The van der Waals surface area contributed by atoms with Crippen LogP contribution in [0.5, 0.6) is 0 Å². The van der Waals surface area contributed by atoms with E-state index < -0.39 is 0 Å². The molecule has 1 heterocycles. The highest BCUT2D eigenvalue weighted by Gasteiger charge is 2.20. The lowest BCUT2D eigenvalue weighted by molar-refractivity contribution is 0.0672. The molecule has 1 fully saturated rings. The molecule has 1 aliphatic rings. The average Bonchev–Trinajstić information content (AvgIpc) is 2.09. The van der Waals surface area contributed by atoms with Gasteiger partial charge in [0.2, 0.25) is 0 Å². The van der Waals surface area contributed by atoms with Gasteiger partial charge in [0.1, 0.15) is 0 Å². The van der Waals surface area contributed by atoms with Gasteiger partial charge in [0, 0.05) is 26.2 Å². The largest absolute Gasteiger partial charge is 0.383 e. The van der Waals surface area contributed by atoms with Gasteiger partial charge in [0.05, 0.1) is 6.61 Å². The van der Waals surface area contributed by atoms with E-state index in [4.69, 9.17) is 10.5 Å². The van der Waals surface area contributed by atoms with E-state index in [1.165, 1.54) is 25.8 Å². The van der Waals surface area contributed by atoms with Crippen LogP contribution in [0.15, 0.2) is 0 Å². The molecule has 3 nitrogen and oxygen atoms in total. The first kappa shape index (κ1) is 9.96. The van der Waals surface area contributed by atoms with Crippen LogP contribution < -0.4 is 5.73 Å². The number of hydrogen-bond acceptors (Lipinski definition) is 3. The van der Waals surface area contributed by atoms with Crippen LogP contribution in [0.25, 0.3) is 0 Å². The molecule has 1 saturated heterocycles. The van der Waals surface area contributed by atoms with E-state index in [-0.39, 0.29) is 0 Å². The van der Waals surface area contributed by atoms with Crippen molar-refractivity contribution < 1.29 is 4.74 Å². The summed E-state index contributed by atoms with van der Waals surface area (Å²) in [6.45, 7) is 3.85. The van der Waals surface area contributed by atoms with Gasteiger partial charge in [-0.15, -0.1) is 0 Å². The molecule has 72 valence electrons. The number of methoxy groups -OCH3 is 1. The molecular formula is C9H20N2O. The van der Waals surface area contributed by atoms with Gasteiger partial charge in [-0.05, 0) is 19.4 Å². The van der Waals surface area contributed by atoms with Gasteiger partial charge in [-0.2, -0.15) is 0 Å². The van der Waals surface area contributed by atoms with E-state index >= 15 is 0 Å². The molecule has 0 radical (unpaired) electrons. The van der Waals surface area contributed by atoms with Gasteiger partial charge in [-0.3, -0.25) is 4.90 Å². The van der Waals surface area contributed by atoms with E-state index in [1.807, 2.05) is 0 Å². The summed E-state index contributed by atoms with van der Waals surface area (Å²) in [5.74, 6) is 0. The summed E-state index contributed by atoms with van der Waals surface area (Å²) in [6, 6.07) is 0.618. The first-order chi connectivity index (χ1) is 5.88. The van der Waals surface area contributed by atoms with Gasteiger partial charge >= 0.3 is 0 Å². The Labute approximate surface area is 74.9 Å². The number of piperidine rings is 1. The monoisotopic (exact) mass is 172 g/mol. The van der Waals surface area contributed by atoms with Crippen molar-refractivity contribution in [3.8, 4) is 0 Å². The Hall–Kier alpha value is -0.120. The third kappa shape index (κ3) is 2.73. The summed E-state index contributed by atoms with van der Waals surface area (Å²) in [5, 5.41) is 0. The maximum Gasteiger partial charge on any atom is 0.0618 e. The lowest BCUT2D eigenvalue weighted by Gasteiger charge is -2.34. The van der Waals surface area contributed by atoms with Crippen LogP contribution in [0.2, 0.25) is 0 Å². The van der Waals surface area contributed by atoms with E-state index in [0.29, 0.717) is 6.04 Å². The molecule has 0 unspecified atom stereocenters. The molecule has 0 bridgehead atoms. The highest BCUT2D eigenvalue weighted by molar-refractivity contribution is 4.76. The topological polar surface area (TPSA) is 38.5 Å². The van der Waals surface area contributed by atoms with E-state index in [9.17, 15) is 0 Å². The van der Waals surface area contributed by atoms with Crippen molar-refractivity contribution >= 4 is 0 Å². The number of nitrogens with two attached hydrogens (primary N) is 1. The Morgan fingerprint density at radius 2 is 2.33 bits per heavy atom. The predicted molar refractivity (Wildman–Crippen MR) is 50.1 cm³/mol. The molecule has 0 amide bonds. The van der Waals surface area contributed by atoms with E-state index in [2.05, 4.69) is 4.90 Å². The quantitative estimate of drug-likeness (QED) is 0.669. The minimum absolute atomic E-state index is 0.618. The maximum absolute atomic E-state index is 5.54. The van der Waals surface area contributed by atoms with Crippen molar-refractivity contribution in [3.05, 3.63) is 0 Å². The van der Waals surface area contributed by atoms with Crippen LogP contribution in [-0.4, -0.2) is 44.3 Å². The second-order valence-electron chi connectivity index (χ2n) is 3.43. The van der Waals surface area contributed by atoms with Crippen LogP contribution in [0.1, 0.15) is 19.3 Å². The highest BCUT2D eigenvalue weighted by Crippen LogP contribution is 2.16. The van der Waals surface area contributed by atoms with Crippen molar-refractivity contribution in [1.82, 2.24) is 4.90 Å². The van der Waals surface area contributed by atoms with Crippen molar-refractivity contribution in [3.63, 3.8) is 0 Å². The van der Waals surface area contributed by atoms with Gasteiger partial charge in [-0.25, -0.2) is 0 Å². The van der Waals surface area contributed by atoms with Crippen LogP contribution in [0.3, 0.4) is 0 Å². The maximum atomic E-state index is 5.54. The third-order valence-corrected chi connectivity index (χ3v) is 2.52. The standard InChI is InChI=1S/C9H20N2O/c1-12-8-9-4-2-3-6-11(9)7-5-10/h9H,2-8,10H2,1H3/t9-/m0/s1. The number of nitrogens with zero attached hydrogens (tertiary/aromatic N) is 1. The van der Waals surface area contributed by atoms with Crippen LogP contribution in [0.4, 0.5) is 0 Å². The Balaban J connectivity index is 2.31. The second-order valence-corrected chi connectivity index (χ2v) is 3.43. The molecule has 0 spiro atoms. The molecule has 0 saturated carbocycles. The van der Waals surface area contributed by atoms with E-state index in [0.717, 1.165) is 19.7 Å². The minimum Gasteiger partial charge on any atom is -0.383 e. The third-order valence-electron chi connectivity index (χ3n) is 2.52.